The van der Waals surface area contributed by atoms with Crippen molar-refractivity contribution in [1.29, 1.82) is 0 Å². The third-order valence-corrected chi connectivity index (χ3v) is 7.81. The molecule has 0 radical (unpaired) electrons. The number of Topliss-reactive ketones (excluding diaryl/α,β-unsaturated/α-hetero) is 1. The Morgan fingerprint density at radius 2 is 1.94 bits per heavy atom. The Kier molecular flexibility index (Phi) is 6.79. The Morgan fingerprint density at radius 3 is 2.67 bits per heavy atom. The van der Waals surface area contributed by atoms with Crippen LogP contribution < -0.4 is 14.8 Å². The molecule has 2 aromatic carbocycles. The molecule has 2 saturated heterocycles. The van der Waals surface area contributed by atoms with Crippen LogP contribution in [0.25, 0.3) is 0 Å². The number of piperidine rings is 1. The van der Waals surface area contributed by atoms with E-state index < -0.39 is 5.60 Å². The Labute approximate surface area is 213 Å². The van der Waals surface area contributed by atoms with Crippen molar-refractivity contribution in [3.05, 3.63) is 53.6 Å². The predicted octanol–water partition coefficient (Wildman–Crippen LogP) is 5.01. The van der Waals surface area contributed by atoms with Gasteiger partial charge in [-0.1, -0.05) is 12.1 Å². The van der Waals surface area contributed by atoms with Gasteiger partial charge < -0.3 is 19.5 Å². The van der Waals surface area contributed by atoms with Crippen LogP contribution in [0.5, 0.6) is 11.5 Å². The van der Waals surface area contributed by atoms with Crippen molar-refractivity contribution in [2.75, 3.05) is 25.0 Å². The van der Waals surface area contributed by atoms with E-state index in [1.165, 1.54) is 6.92 Å². The first-order chi connectivity index (χ1) is 17.3. The second-order valence-corrected chi connectivity index (χ2v) is 10.6. The van der Waals surface area contributed by atoms with E-state index >= 15 is 0 Å². The molecule has 0 aliphatic carbocycles. The largest absolute Gasteiger partial charge is 0.490 e. The number of ether oxygens (including phenoxy) is 3. The van der Waals surface area contributed by atoms with Gasteiger partial charge in [0.2, 0.25) is 5.91 Å². The fraction of sp³-hybridized carbons (Fsp3) is 0.517. The van der Waals surface area contributed by atoms with Gasteiger partial charge in [0.05, 0.1) is 25.4 Å². The van der Waals surface area contributed by atoms with Crippen molar-refractivity contribution < 1.29 is 23.8 Å². The lowest BCUT2D eigenvalue weighted by Gasteiger charge is -2.54. The van der Waals surface area contributed by atoms with Crippen LogP contribution in [0.4, 0.5) is 5.69 Å². The van der Waals surface area contributed by atoms with E-state index in [1.807, 2.05) is 19.1 Å². The van der Waals surface area contributed by atoms with Crippen molar-refractivity contribution >= 4 is 17.4 Å². The van der Waals surface area contributed by atoms with E-state index in [1.54, 1.807) is 24.3 Å². The number of nitrogens with zero attached hydrogens (tertiary/aromatic N) is 1. The lowest BCUT2D eigenvalue weighted by atomic mass is 9.72. The highest BCUT2D eigenvalue weighted by Gasteiger charge is 2.52. The average molecular weight is 493 g/mol. The molecular weight excluding hydrogens is 456 g/mol. The van der Waals surface area contributed by atoms with Crippen LogP contribution in [-0.2, 0) is 9.53 Å². The minimum Gasteiger partial charge on any atom is -0.490 e. The Morgan fingerprint density at radius 1 is 1.17 bits per heavy atom. The van der Waals surface area contributed by atoms with E-state index in [0.29, 0.717) is 24.4 Å². The number of carbonyl (C=O) groups excluding carboxylic acids is 2. The Hall–Kier alpha value is -2.90. The van der Waals surface area contributed by atoms with Crippen molar-refractivity contribution in [2.45, 2.75) is 70.8 Å². The standard InChI is InChI=1S/C29H36N2O5/c1-5-34-25-9-6-8-21-27-22(29(3,4)36-28(21)25)16-23-24(35-27)10-7-15-31(23)17-26(33)30-20-13-11-19(12-14-20)18(2)32/h6,8-9,11-14,22-24,27H,5,7,10,15-17H2,1-4H3,(H,30,33)/t22-,23-,24-,27+/m1/s1. The van der Waals surface area contributed by atoms with Gasteiger partial charge in [-0.2, -0.15) is 0 Å². The summed E-state index contributed by atoms with van der Waals surface area (Å²) in [6, 6.07) is 13.3. The molecule has 3 heterocycles. The number of anilines is 1. The third-order valence-electron chi connectivity index (χ3n) is 7.81. The van der Waals surface area contributed by atoms with Gasteiger partial charge in [-0.05, 0) is 83.8 Å². The number of fused-ring (bicyclic) bond motifs is 4. The number of amides is 1. The van der Waals surface area contributed by atoms with Crippen LogP contribution >= 0.6 is 0 Å². The zero-order valence-electron chi connectivity index (χ0n) is 21.6. The molecule has 0 spiro atoms. The number of nitrogens with one attached hydrogen (secondary N) is 1. The van der Waals surface area contributed by atoms with Gasteiger partial charge >= 0.3 is 0 Å². The van der Waals surface area contributed by atoms with Crippen LogP contribution in [-0.4, -0.2) is 54.0 Å². The molecule has 7 nitrogen and oxygen atoms in total. The molecule has 3 aliphatic rings. The lowest BCUT2D eigenvalue weighted by molar-refractivity contribution is -0.189. The van der Waals surface area contributed by atoms with E-state index in [9.17, 15) is 9.59 Å². The number of ketones is 1. The average Bonchev–Trinajstić information content (AvgIpc) is 2.84. The summed E-state index contributed by atoms with van der Waals surface area (Å²) in [6.45, 7) is 9.53. The van der Waals surface area contributed by atoms with Crippen molar-refractivity contribution in [3.8, 4) is 11.5 Å². The first-order valence-electron chi connectivity index (χ1n) is 13.0. The van der Waals surface area contributed by atoms with Gasteiger partial charge in [0.1, 0.15) is 5.60 Å². The molecule has 0 unspecified atom stereocenters. The maximum absolute atomic E-state index is 12.9. The highest BCUT2D eigenvalue weighted by atomic mass is 16.5. The topological polar surface area (TPSA) is 77.1 Å². The number of hydrogen-bond acceptors (Lipinski definition) is 6. The Balaban J connectivity index is 1.31. The summed E-state index contributed by atoms with van der Waals surface area (Å²) in [6.07, 6.45) is 2.89. The molecule has 36 heavy (non-hydrogen) atoms. The quantitative estimate of drug-likeness (QED) is 0.572. The predicted molar refractivity (Wildman–Crippen MR) is 138 cm³/mol. The zero-order valence-corrected chi connectivity index (χ0v) is 21.6. The number of para-hydroxylation sites is 1. The monoisotopic (exact) mass is 492 g/mol. The zero-order chi connectivity index (χ0) is 25.4. The summed E-state index contributed by atoms with van der Waals surface area (Å²) in [5.41, 5.74) is 1.96. The number of benzene rings is 2. The summed E-state index contributed by atoms with van der Waals surface area (Å²) < 4.78 is 19.2. The van der Waals surface area contributed by atoms with Gasteiger partial charge in [0.15, 0.2) is 17.3 Å². The molecule has 1 amide bonds. The van der Waals surface area contributed by atoms with Gasteiger partial charge in [-0.25, -0.2) is 0 Å². The maximum atomic E-state index is 12.9. The lowest BCUT2D eigenvalue weighted by Crippen LogP contribution is -2.59. The van der Waals surface area contributed by atoms with E-state index in [0.717, 1.165) is 42.9 Å². The molecule has 3 aliphatic heterocycles. The van der Waals surface area contributed by atoms with Gasteiger partial charge in [0.25, 0.3) is 0 Å². The molecule has 5 rings (SSSR count). The molecule has 2 fully saturated rings. The third kappa shape index (κ3) is 4.74. The number of hydrogen-bond donors (Lipinski definition) is 1. The summed E-state index contributed by atoms with van der Waals surface area (Å²) in [5.74, 6) is 1.68. The maximum Gasteiger partial charge on any atom is 0.238 e. The minimum atomic E-state index is -0.431. The smallest absolute Gasteiger partial charge is 0.238 e. The molecule has 7 heteroatoms. The Bertz CT molecular complexity index is 1130. The molecule has 4 atom stereocenters. The first kappa shape index (κ1) is 24.8. The second-order valence-electron chi connectivity index (χ2n) is 10.6. The molecule has 192 valence electrons. The molecule has 0 bridgehead atoms. The molecule has 2 aromatic rings. The van der Waals surface area contributed by atoms with Crippen molar-refractivity contribution in [3.63, 3.8) is 0 Å². The SMILES string of the molecule is CCOc1cccc2c1OC(C)(C)[C@@H]1C[C@@H]3[C@@H](CCCN3CC(=O)Nc3ccc(C(C)=O)cc3)O[C@@H]21. The fourth-order valence-electron chi connectivity index (χ4n) is 6.00. The van der Waals surface area contributed by atoms with E-state index in [2.05, 4.69) is 30.1 Å². The number of likely N-dealkylation sites (tertiary alicyclic amines) is 1. The number of carbonyl (C=O) groups is 2. The van der Waals surface area contributed by atoms with E-state index in [-0.39, 0.29) is 35.9 Å². The fourth-order valence-corrected chi connectivity index (χ4v) is 6.00. The van der Waals surface area contributed by atoms with Crippen molar-refractivity contribution in [1.82, 2.24) is 4.90 Å². The molecular formula is C29H36N2O5. The minimum absolute atomic E-state index is 0.00851. The summed E-state index contributed by atoms with van der Waals surface area (Å²) in [5, 5.41) is 2.98. The molecule has 1 N–H and O–H groups in total. The molecule has 0 saturated carbocycles. The van der Waals surface area contributed by atoms with Crippen LogP contribution in [0.15, 0.2) is 42.5 Å². The van der Waals surface area contributed by atoms with Crippen LogP contribution in [0.3, 0.4) is 0 Å². The first-order valence-corrected chi connectivity index (χ1v) is 13.0. The summed E-state index contributed by atoms with van der Waals surface area (Å²) in [4.78, 5) is 26.7. The van der Waals surface area contributed by atoms with E-state index in [4.69, 9.17) is 14.2 Å². The van der Waals surface area contributed by atoms with Crippen LogP contribution in [0.2, 0.25) is 0 Å². The molecule has 0 aromatic heterocycles. The normalized spacial score (nSPS) is 26.6. The van der Waals surface area contributed by atoms with Gasteiger partial charge in [-0.15, -0.1) is 0 Å². The highest BCUT2D eigenvalue weighted by molar-refractivity contribution is 5.96. The van der Waals surface area contributed by atoms with Gasteiger partial charge in [-0.3, -0.25) is 14.5 Å². The van der Waals surface area contributed by atoms with Gasteiger partial charge in [0, 0.05) is 28.8 Å². The summed E-state index contributed by atoms with van der Waals surface area (Å²) >= 11 is 0. The highest BCUT2D eigenvalue weighted by Crippen LogP contribution is 2.54. The van der Waals surface area contributed by atoms with Crippen LogP contribution in [0, 0.1) is 5.92 Å². The van der Waals surface area contributed by atoms with Crippen molar-refractivity contribution in [2.24, 2.45) is 5.92 Å². The number of rotatable bonds is 6. The second kappa shape index (κ2) is 9.87. The van der Waals surface area contributed by atoms with Crippen LogP contribution in [0.1, 0.15) is 69.0 Å². The summed E-state index contributed by atoms with van der Waals surface area (Å²) in [7, 11) is 0.